The van der Waals surface area contributed by atoms with E-state index in [2.05, 4.69) is 10.2 Å². The molecule has 92 valence electrons. The van der Waals surface area contributed by atoms with Crippen LogP contribution in [0.25, 0.3) is 0 Å². The lowest BCUT2D eigenvalue weighted by atomic mass is 10.1. The molecule has 0 aromatic carbocycles. The van der Waals surface area contributed by atoms with Crippen molar-refractivity contribution in [3.05, 3.63) is 35.4 Å². The minimum Gasteiger partial charge on any atom is -0.276 e. The van der Waals surface area contributed by atoms with Crippen LogP contribution >= 0.6 is 0 Å². The highest BCUT2D eigenvalue weighted by atomic mass is 19.3. The Balaban J connectivity index is 2.13. The number of rotatable bonds is 4. The van der Waals surface area contributed by atoms with Crippen molar-refractivity contribution in [2.45, 2.75) is 26.3 Å². The Hall–Kier alpha value is -1.72. The predicted molar refractivity (Wildman–Crippen MR) is 59.0 cm³/mol. The SMILES string of the molecule is Cc1nn(CC(F)F)cc1Cc1cnn(C)c1. The summed E-state index contributed by atoms with van der Waals surface area (Å²) >= 11 is 0. The Morgan fingerprint density at radius 3 is 2.71 bits per heavy atom. The van der Waals surface area contributed by atoms with Gasteiger partial charge in [-0.3, -0.25) is 9.36 Å². The molecule has 2 heterocycles. The van der Waals surface area contributed by atoms with Crippen LogP contribution in [0, 0.1) is 6.92 Å². The van der Waals surface area contributed by atoms with Crippen LogP contribution in [0.15, 0.2) is 18.6 Å². The van der Waals surface area contributed by atoms with E-state index in [1.165, 1.54) is 4.68 Å². The molecule has 0 spiro atoms. The second-order valence-corrected chi connectivity index (χ2v) is 4.05. The van der Waals surface area contributed by atoms with Gasteiger partial charge >= 0.3 is 0 Å². The zero-order valence-corrected chi connectivity index (χ0v) is 9.77. The lowest BCUT2D eigenvalue weighted by Crippen LogP contribution is -2.06. The monoisotopic (exact) mass is 240 g/mol. The first-order valence-corrected chi connectivity index (χ1v) is 5.33. The Morgan fingerprint density at radius 1 is 1.35 bits per heavy atom. The van der Waals surface area contributed by atoms with Crippen LogP contribution < -0.4 is 0 Å². The molecule has 0 amide bonds. The molecule has 17 heavy (non-hydrogen) atoms. The van der Waals surface area contributed by atoms with Crippen LogP contribution in [0.3, 0.4) is 0 Å². The van der Waals surface area contributed by atoms with E-state index < -0.39 is 6.43 Å². The molecule has 0 saturated carbocycles. The molecule has 2 rings (SSSR count). The molecule has 0 N–H and O–H groups in total. The lowest BCUT2D eigenvalue weighted by molar-refractivity contribution is 0.121. The predicted octanol–water partition coefficient (Wildman–Crippen LogP) is 1.78. The van der Waals surface area contributed by atoms with Crippen molar-refractivity contribution in [3.8, 4) is 0 Å². The van der Waals surface area contributed by atoms with Gasteiger partial charge in [0.2, 0.25) is 0 Å². The second kappa shape index (κ2) is 4.65. The van der Waals surface area contributed by atoms with Crippen LogP contribution in [0.2, 0.25) is 0 Å². The standard InChI is InChI=1S/C11H14F2N4/c1-8-10(3-9-4-14-16(2)5-9)6-17(15-8)7-11(12)13/h4-6,11H,3,7H2,1-2H3. The maximum Gasteiger partial charge on any atom is 0.257 e. The van der Waals surface area contributed by atoms with Gasteiger partial charge in [0.25, 0.3) is 6.43 Å². The fourth-order valence-electron chi connectivity index (χ4n) is 1.75. The molecular weight excluding hydrogens is 226 g/mol. The summed E-state index contributed by atoms with van der Waals surface area (Å²) in [4.78, 5) is 0. The van der Waals surface area contributed by atoms with Gasteiger partial charge < -0.3 is 0 Å². The van der Waals surface area contributed by atoms with Gasteiger partial charge in [-0.05, 0) is 18.1 Å². The molecule has 0 bridgehead atoms. The summed E-state index contributed by atoms with van der Waals surface area (Å²) < 4.78 is 27.4. The lowest BCUT2D eigenvalue weighted by Gasteiger charge is -1.97. The number of hydrogen-bond acceptors (Lipinski definition) is 2. The molecule has 0 saturated heterocycles. The Bertz CT molecular complexity index is 501. The first kappa shape index (κ1) is 11.8. The first-order valence-electron chi connectivity index (χ1n) is 5.33. The van der Waals surface area contributed by atoms with Crippen molar-refractivity contribution in [2.24, 2.45) is 7.05 Å². The summed E-state index contributed by atoms with van der Waals surface area (Å²) in [5.74, 6) is 0. The summed E-state index contributed by atoms with van der Waals surface area (Å²) in [6.45, 7) is 1.47. The molecule has 6 heteroatoms. The van der Waals surface area contributed by atoms with Crippen molar-refractivity contribution >= 4 is 0 Å². The van der Waals surface area contributed by atoms with Gasteiger partial charge in [0.05, 0.1) is 11.9 Å². The average molecular weight is 240 g/mol. The third kappa shape index (κ3) is 2.89. The Kier molecular flexibility index (Phi) is 3.21. The highest BCUT2D eigenvalue weighted by Crippen LogP contribution is 2.12. The van der Waals surface area contributed by atoms with Crippen LogP contribution in [0.5, 0.6) is 0 Å². The van der Waals surface area contributed by atoms with E-state index in [9.17, 15) is 8.78 Å². The van der Waals surface area contributed by atoms with E-state index in [-0.39, 0.29) is 6.54 Å². The Morgan fingerprint density at radius 2 is 2.12 bits per heavy atom. The molecule has 2 aromatic rings. The molecule has 0 radical (unpaired) electrons. The zero-order chi connectivity index (χ0) is 12.4. The molecule has 0 atom stereocenters. The molecule has 0 aliphatic carbocycles. The number of hydrogen-bond donors (Lipinski definition) is 0. The van der Waals surface area contributed by atoms with Crippen molar-refractivity contribution in [1.29, 1.82) is 0 Å². The summed E-state index contributed by atoms with van der Waals surface area (Å²) in [5.41, 5.74) is 2.79. The maximum atomic E-state index is 12.2. The van der Waals surface area contributed by atoms with E-state index in [1.54, 1.807) is 17.1 Å². The van der Waals surface area contributed by atoms with Crippen molar-refractivity contribution in [2.75, 3.05) is 0 Å². The topological polar surface area (TPSA) is 35.6 Å². The molecule has 0 aliphatic heterocycles. The van der Waals surface area contributed by atoms with Crippen LogP contribution in [0.1, 0.15) is 16.8 Å². The van der Waals surface area contributed by atoms with E-state index in [0.29, 0.717) is 6.42 Å². The number of nitrogens with zero attached hydrogens (tertiary/aromatic N) is 4. The number of halogens is 2. The third-order valence-corrected chi connectivity index (χ3v) is 2.53. The molecular formula is C11H14F2N4. The zero-order valence-electron chi connectivity index (χ0n) is 9.77. The van der Waals surface area contributed by atoms with Gasteiger partial charge in [0, 0.05) is 25.9 Å². The fraction of sp³-hybridized carbons (Fsp3) is 0.455. The van der Waals surface area contributed by atoms with Crippen molar-refractivity contribution in [1.82, 2.24) is 19.6 Å². The van der Waals surface area contributed by atoms with Gasteiger partial charge in [-0.15, -0.1) is 0 Å². The summed E-state index contributed by atoms with van der Waals surface area (Å²) in [6, 6.07) is 0. The van der Waals surface area contributed by atoms with Gasteiger partial charge in [0.1, 0.15) is 6.54 Å². The minimum absolute atomic E-state index is 0.353. The van der Waals surface area contributed by atoms with E-state index in [0.717, 1.165) is 16.8 Å². The first-order chi connectivity index (χ1) is 8.04. The van der Waals surface area contributed by atoms with Crippen LogP contribution in [0.4, 0.5) is 8.78 Å². The van der Waals surface area contributed by atoms with Gasteiger partial charge in [-0.1, -0.05) is 0 Å². The normalized spacial score (nSPS) is 11.4. The van der Waals surface area contributed by atoms with Crippen molar-refractivity contribution < 1.29 is 8.78 Å². The highest BCUT2D eigenvalue weighted by Gasteiger charge is 2.10. The molecule has 0 fully saturated rings. The second-order valence-electron chi connectivity index (χ2n) is 4.05. The van der Waals surface area contributed by atoms with E-state index in [4.69, 9.17) is 0 Å². The average Bonchev–Trinajstić information content (AvgIpc) is 2.74. The van der Waals surface area contributed by atoms with Crippen molar-refractivity contribution in [3.63, 3.8) is 0 Å². The molecule has 2 aromatic heterocycles. The molecule has 4 nitrogen and oxygen atoms in total. The largest absolute Gasteiger partial charge is 0.276 e. The van der Waals surface area contributed by atoms with E-state index in [1.807, 2.05) is 20.2 Å². The van der Waals surface area contributed by atoms with Crippen LogP contribution in [-0.4, -0.2) is 26.0 Å². The summed E-state index contributed by atoms with van der Waals surface area (Å²) in [6.07, 6.45) is 3.64. The highest BCUT2D eigenvalue weighted by molar-refractivity contribution is 5.23. The maximum absolute atomic E-state index is 12.2. The third-order valence-electron chi connectivity index (χ3n) is 2.53. The number of aromatic nitrogens is 4. The quantitative estimate of drug-likeness (QED) is 0.816. The number of aryl methyl sites for hydroxylation is 2. The van der Waals surface area contributed by atoms with Gasteiger partial charge in [0.15, 0.2) is 0 Å². The number of alkyl halides is 2. The van der Waals surface area contributed by atoms with Gasteiger partial charge in [-0.2, -0.15) is 10.2 Å². The minimum atomic E-state index is -2.37. The summed E-state index contributed by atoms with van der Waals surface area (Å²) in [7, 11) is 1.84. The smallest absolute Gasteiger partial charge is 0.257 e. The Labute approximate surface area is 97.9 Å². The summed E-state index contributed by atoms with van der Waals surface area (Å²) in [5, 5.41) is 8.13. The molecule has 0 aliphatic rings. The van der Waals surface area contributed by atoms with Gasteiger partial charge in [-0.25, -0.2) is 8.78 Å². The fourth-order valence-corrected chi connectivity index (χ4v) is 1.75. The van der Waals surface area contributed by atoms with Crippen LogP contribution in [-0.2, 0) is 20.0 Å². The molecule has 0 unspecified atom stereocenters. The van der Waals surface area contributed by atoms with E-state index >= 15 is 0 Å².